The summed E-state index contributed by atoms with van der Waals surface area (Å²) in [7, 11) is 0. The molecule has 1 N–H and O–H groups in total. The van der Waals surface area contributed by atoms with Crippen LogP contribution in [0, 0.1) is 6.92 Å². The first-order chi connectivity index (χ1) is 11.5. The molecule has 6 heteroatoms. The second-order valence-electron chi connectivity index (χ2n) is 6.49. The predicted molar refractivity (Wildman–Crippen MR) is 102 cm³/mol. The molecule has 0 saturated carbocycles. The quantitative estimate of drug-likeness (QED) is 0.818. The van der Waals surface area contributed by atoms with E-state index in [2.05, 4.69) is 35.3 Å². The second kappa shape index (κ2) is 7.21. The van der Waals surface area contributed by atoms with Crippen molar-refractivity contribution in [3.63, 3.8) is 0 Å². The maximum absolute atomic E-state index is 12.4. The third-order valence-electron chi connectivity index (χ3n) is 4.41. The van der Waals surface area contributed by atoms with Gasteiger partial charge in [-0.05, 0) is 32.4 Å². The van der Waals surface area contributed by atoms with Crippen LogP contribution >= 0.6 is 22.9 Å². The number of hydrogen-bond donors (Lipinski definition) is 1. The van der Waals surface area contributed by atoms with Gasteiger partial charge in [-0.3, -0.25) is 4.79 Å². The number of carbonyl (C=O) groups is 1. The number of carbonyl (C=O) groups excluding carboxylic acids is 1. The number of rotatable bonds is 3. The summed E-state index contributed by atoms with van der Waals surface area (Å²) in [6.07, 6.45) is 1.80. The Hall–Kier alpha value is -1.43. The number of hydrazone groups is 1. The van der Waals surface area contributed by atoms with Crippen LogP contribution in [0.5, 0.6) is 0 Å². The number of benzene rings is 1. The summed E-state index contributed by atoms with van der Waals surface area (Å²) in [5.41, 5.74) is 4.89. The lowest BCUT2D eigenvalue weighted by Crippen LogP contribution is -2.39. The largest absolute Gasteiger partial charge is 0.300 e. The number of nitrogens with zero attached hydrogens (tertiary/aromatic N) is 2. The predicted octanol–water partition coefficient (Wildman–Crippen LogP) is 4.45. The van der Waals surface area contributed by atoms with Gasteiger partial charge in [0.1, 0.15) is 4.88 Å². The molecule has 2 aromatic rings. The molecule has 0 aliphatic carbocycles. The van der Waals surface area contributed by atoms with Gasteiger partial charge in [-0.15, -0.1) is 11.3 Å². The fraction of sp³-hybridized carbons (Fsp3) is 0.444. The number of hydrogen-bond acceptors (Lipinski definition) is 4. The summed E-state index contributed by atoms with van der Waals surface area (Å²) in [6, 6.07) is 6.58. The molecule has 3 rings (SSSR count). The molecule has 0 radical (unpaired) electrons. The number of nitrogens with one attached hydrogen (secondary N) is 1. The van der Waals surface area contributed by atoms with Gasteiger partial charge in [0, 0.05) is 47.8 Å². The van der Waals surface area contributed by atoms with E-state index in [4.69, 9.17) is 11.6 Å². The lowest BCUT2D eigenvalue weighted by Gasteiger charge is -2.30. The van der Waals surface area contributed by atoms with E-state index >= 15 is 0 Å². The van der Waals surface area contributed by atoms with E-state index in [1.165, 1.54) is 11.3 Å². The summed E-state index contributed by atoms with van der Waals surface area (Å²) < 4.78 is 1.03. The first-order valence-electron chi connectivity index (χ1n) is 8.24. The van der Waals surface area contributed by atoms with Crippen molar-refractivity contribution in [3.8, 4) is 0 Å². The van der Waals surface area contributed by atoms with Crippen molar-refractivity contribution in [1.82, 2.24) is 10.3 Å². The van der Waals surface area contributed by atoms with Crippen LogP contribution < -0.4 is 5.43 Å². The van der Waals surface area contributed by atoms with Gasteiger partial charge in [0.15, 0.2) is 0 Å². The number of fused-ring (bicyclic) bond motifs is 1. The number of likely N-dealkylation sites (tertiary alicyclic amines) is 1. The summed E-state index contributed by atoms with van der Waals surface area (Å²) in [6.45, 7) is 8.43. The Morgan fingerprint density at radius 1 is 1.33 bits per heavy atom. The molecule has 4 nitrogen and oxygen atoms in total. The Morgan fingerprint density at radius 2 is 2.04 bits per heavy atom. The molecule has 0 unspecified atom stereocenters. The minimum Gasteiger partial charge on any atom is -0.300 e. The highest BCUT2D eigenvalue weighted by Gasteiger charge is 2.19. The van der Waals surface area contributed by atoms with Crippen LogP contribution in [0.4, 0.5) is 0 Å². The molecular weight excluding hydrogens is 342 g/mol. The zero-order valence-corrected chi connectivity index (χ0v) is 15.8. The molecule has 1 aromatic heterocycles. The van der Waals surface area contributed by atoms with E-state index < -0.39 is 0 Å². The number of thiophene rings is 1. The fourth-order valence-electron chi connectivity index (χ4n) is 2.91. The molecular formula is C18H22ClN3OS. The molecule has 0 atom stereocenters. The molecule has 1 saturated heterocycles. The van der Waals surface area contributed by atoms with Crippen molar-refractivity contribution in [2.45, 2.75) is 39.7 Å². The maximum atomic E-state index is 12.4. The van der Waals surface area contributed by atoms with Gasteiger partial charge in [-0.1, -0.05) is 23.7 Å². The van der Waals surface area contributed by atoms with Crippen molar-refractivity contribution >= 4 is 44.6 Å². The van der Waals surface area contributed by atoms with E-state index in [0.717, 1.165) is 47.3 Å². The van der Waals surface area contributed by atoms with Crippen LogP contribution in [-0.2, 0) is 0 Å². The van der Waals surface area contributed by atoms with Gasteiger partial charge in [-0.25, -0.2) is 5.43 Å². The Bertz CT molecular complexity index is 787. The molecule has 128 valence electrons. The normalized spacial score (nSPS) is 16.0. The Kier molecular flexibility index (Phi) is 5.23. The van der Waals surface area contributed by atoms with Crippen molar-refractivity contribution in [1.29, 1.82) is 0 Å². The van der Waals surface area contributed by atoms with E-state index in [0.29, 0.717) is 15.9 Å². The van der Waals surface area contributed by atoms with Gasteiger partial charge < -0.3 is 4.90 Å². The molecule has 0 bridgehead atoms. The number of halogens is 1. The first-order valence-corrected chi connectivity index (χ1v) is 9.43. The summed E-state index contributed by atoms with van der Waals surface area (Å²) in [5.74, 6) is -0.224. The van der Waals surface area contributed by atoms with Crippen LogP contribution in [0.2, 0.25) is 5.02 Å². The van der Waals surface area contributed by atoms with Gasteiger partial charge >= 0.3 is 0 Å². The third kappa shape index (κ3) is 3.63. The van der Waals surface area contributed by atoms with Gasteiger partial charge in [0.2, 0.25) is 0 Å². The zero-order valence-electron chi connectivity index (χ0n) is 14.2. The molecule has 1 aliphatic rings. The van der Waals surface area contributed by atoms with Crippen LogP contribution in [0.3, 0.4) is 0 Å². The smallest absolute Gasteiger partial charge is 0.283 e. The Morgan fingerprint density at radius 3 is 2.71 bits per heavy atom. The summed E-state index contributed by atoms with van der Waals surface area (Å²) in [4.78, 5) is 15.4. The minimum atomic E-state index is -0.224. The van der Waals surface area contributed by atoms with Gasteiger partial charge in [0.05, 0.1) is 5.02 Å². The van der Waals surface area contributed by atoms with Crippen molar-refractivity contribution < 1.29 is 4.79 Å². The SMILES string of the molecule is Cc1ccc2c(Cl)c(C(=O)NN=C3CCN(C(C)C)CC3)sc2c1. The van der Waals surface area contributed by atoms with Crippen LogP contribution in [0.1, 0.15) is 41.9 Å². The number of amides is 1. The summed E-state index contributed by atoms with van der Waals surface area (Å²) >= 11 is 7.79. The van der Waals surface area contributed by atoms with Crippen LogP contribution in [-0.4, -0.2) is 35.7 Å². The highest BCUT2D eigenvalue weighted by molar-refractivity contribution is 7.21. The topological polar surface area (TPSA) is 44.7 Å². The number of piperidine rings is 1. The molecule has 1 amide bonds. The lowest BCUT2D eigenvalue weighted by atomic mass is 10.1. The Balaban J connectivity index is 1.70. The second-order valence-corrected chi connectivity index (χ2v) is 7.92. The van der Waals surface area contributed by atoms with Crippen LogP contribution in [0.15, 0.2) is 23.3 Å². The molecule has 1 aliphatic heterocycles. The molecule has 0 spiro atoms. The fourth-order valence-corrected chi connectivity index (χ4v) is 4.41. The standard InChI is InChI=1S/C18H22ClN3OS/c1-11(2)22-8-6-13(7-9-22)20-21-18(23)17-16(19)14-5-4-12(3)10-15(14)24-17/h4-5,10-11H,6-9H2,1-3H3,(H,21,23). The third-order valence-corrected chi connectivity index (χ3v) is 6.07. The number of aryl methyl sites for hydroxylation is 1. The monoisotopic (exact) mass is 363 g/mol. The van der Waals surface area contributed by atoms with E-state index in [1.807, 2.05) is 19.1 Å². The lowest BCUT2D eigenvalue weighted by molar-refractivity contribution is 0.0958. The first kappa shape index (κ1) is 17.4. The Labute approximate surface area is 151 Å². The molecule has 2 heterocycles. The highest BCUT2D eigenvalue weighted by atomic mass is 35.5. The average molecular weight is 364 g/mol. The van der Waals surface area contributed by atoms with E-state index in [-0.39, 0.29) is 5.91 Å². The minimum absolute atomic E-state index is 0.224. The van der Waals surface area contributed by atoms with Crippen molar-refractivity contribution in [3.05, 3.63) is 33.7 Å². The molecule has 1 aromatic carbocycles. The van der Waals surface area contributed by atoms with Crippen molar-refractivity contribution in [2.75, 3.05) is 13.1 Å². The van der Waals surface area contributed by atoms with Crippen LogP contribution in [0.25, 0.3) is 10.1 Å². The van der Waals surface area contributed by atoms with Crippen molar-refractivity contribution in [2.24, 2.45) is 5.10 Å². The highest BCUT2D eigenvalue weighted by Crippen LogP contribution is 2.35. The van der Waals surface area contributed by atoms with E-state index in [1.54, 1.807) is 0 Å². The molecule has 1 fully saturated rings. The van der Waals surface area contributed by atoms with Gasteiger partial charge in [-0.2, -0.15) is 5.10 Å². The maximum Gasteiger partial charge on any atom is 0.283 e. The van der Waals surface area contributed by atoms with E-state index in [9.17, 15) is 4.79 Å². The van der Waals surface area contributed by atoms with Gasteiger partial charge in [0.25, 0.3) is 5.91 Å². The average Bonchev–Trinajstić information content (AvgIpc) is 2.89. The summed E-state index contributed by atoms with van der Waals surface area (Å²) in [5, 5.41) is 5.76. The molecule has 24 heavy (non-hydrogen) atoms. The zero-order chi connectivity index (χ0) is 17.3.